The van der Waals surface area contributed by atoms with Crippen molar-refractivity contribution in [1.82, 2.24) is 10.2 Å². The number of nitrogens with one attached hydrogen (secondary N) is 1. The summed E-state index contributed by atoms with van der Waals surface area (Å²) in [5.74, 6) is -0.0830. The first kappa shape index (κ1) is 23.0. The third kappa shape index (κ3) is 6.00. The van der Waals surface area contributed by atoms with Crippen molar-refractivity contribution in [2.24, 2.45) is 0 Å². The molecule has 0 unspecified atom stereocenters. The van der Waals surface area contributed by atoms with Crippen LogP contribution in [0, 0.1) is 0 Å². The summed E-state index contributed by atoms with van der Waals surface area (Å²) < 4.78 is 4.35. The van der Waals surface area contributed by atoms with E-state index in [4.69, 9.17) is 4.52 Å². The summed E-state index contributed by atoms with van der Waals surface area (Å²) in [6.07, 6.45) is 1.66. The third-order valence-electron chi connectivity index (χ3n) is 5.48. The lowest BCUT2D eigenvalue weighted by Gasteiger charge is -2.29. The molecule has 0 spiro atoms. The maximum atomic E-state index is 12.8. The standard InChI is InChI=1S/C24H27N5O3S/c1-24(2,33-22(30)20-11-7-4-8-12-20)23(31)25-21-18-29(26-32-21)28-15-13-27(14-16-28)17-19-9-5-3-6-10-19/h3-12,18H,13-17H2,1-2H3/p+1. The zero-order valence-corrected chi connectivity index (χ0v) is 19.6. The van der Waals surface area contributed by atoms with E-state index in [-0.39, 0.29) is 16.9 Å². The van der Waals surface area contributed by atoms with Crippen molar-refractivity contribution in [3.8, 4) is 0 Å². The van der Waals surface area contributed by atoms with Gasteiger partial charge in [0.05, 0.1) is 22.6 Å². The molecule has 3 aromatic rings. The highest BCUT2D eigenvalue weighted by atomic mass is 32.2. The second kappa shape index (κ2) is 10.2. The minimum absolute atomic E-state index is 0.156. The van der Waals surface area contributed by atoms with E-state index in [2.05, 4.69) is 44.8 Å². The van der Waals surface area contributed by atoms with Gasteiger partial charge >= 0.3 is 5.88 Å². The van der Waals surface area contributed by atoms with Gasteiger partial charge in [-0.2, -0.15) is 5.01 Å². The summed E-state index contributed by atoms with van der Waals surface area (Å²) in [5, 5.41) is 8.71. The first-order valence-electron chi connectivity index (χ1n) is 10.9. The molecule has 1 aromatic heterocycles. The maximum Gasteiger partial charge on any atom is 0.305 e. The number of thioether (sulfide) groups is 1. The Kier molecular flexibility index (Phi) is 7.10. The Morgan fingerprint density at radius 2 is 1.67 bits per heavy atom. The van der Waals surface area contributed by atoms with Gasteiger partial charge < -0.3 is 0 Å². The van der Waals surface area contributed by atoms with Crippen molar-refractivity contribution < 1.29 is 18.9 Å². The number of anilines is 1. The monoisotopic (exact) mass is 466 g/mol. The lowest BCUT2D eigenvalue weighted by atomic mass is 10.2. The van der Waals surface area contributed by atoms with Crippen LogP contribution in [0.3, 0.4) is 0 Å². The van der Waals surface area contributed by atoms with Crippen LogP contribution in [0.5, 0.6) is 0 Å². The molecule has 172 valence electrons. The number of amides is 1. The van der Waals surface area contributed by atoms with Gasteiger partial charge in [0.2, 0.25) is 16.3 Å². The Morgan fingerprint density at radius 1 is 1.03 bits per heavy atom. The van der Waals surface area contributed by atoms with Gasteiger partial charge in [-0.1, -0.05) is 72.4 Å². The Labute approximate surface area is 197 Å². The van der Waals surface area contributed by atoms with Crippen molar-refractivity contribution in [1.29, 1.82) is 0 Å². The molecule has 2 heterocycles. The van der Waals surface area contributed by atoms with E-state index in [0.29, 0.717) is 5.56 Å². The summed E-state index contributed by atoms with van der Waals surface area (Å²) in [7, 11) is 0. The average molecular weight is 467 g/mol. The van der Waals surface area contributed by atoms with Gasteiger partial charge in [0.15, 0.2) is 0 Å². The molecular formula is C24H28N5O3S+. The number of carbonyl (C=O) groups is 2. The quantitative estimate of drug-likeness (QED) is 0.536. The number of piperazine rings is 1. The molecule has 1 saturated heterocycles. The lowest BCUT2D eigenvalue weighted by molar-refractivity contribution is -0.759. The molecule has 0 aliphatic carbocycles. The first-order valence-corrected chi connectivity index (χ1v) is 11.7. The second-order valence-corrected chi connectivity index (χ2v) is 10.0. The first-order chi connectivity index (χ1) is 15.9. The van der Waals surface area contributed by atoms with Gasteiger partial charge in [0.25, 0.3) is 6.20 Å². The van der Waals surface area contributed by atoms with Crippen molar-refractivity contribution in [3.05, 3.63) is 78.0 Å². The fourth-order valence-electron chi connectivity index (χ4n) is 3.54. The van der Waals surface area contributed by atoms with Crippen molar-refractivity contribution in [2.75, 3.05) is 36.5 Å². The zero-order valence-electron chi connectivity index (χ0n) is 18.8. The van der Waals surface area contributed by atoms with Gasteiger partial charge in [0, 0.05) is 25.2 Å². The van der Waals surface area contributed by atoms with E-state index >= 15 is 0 Å². The molecule has 0 atom stereocenters. The van der Waals surface area contributed by atoms with Gasteiger partial charge in [-0.25, -0.2) is 0 Å². The molecule has 0 bridgehead atoms. The SMILES string of the molecule is CC(C)(SC(=O)c1ccccc1)C(=O)Nc1c[n+](N2CCN(Cc3ccccc3)CC2)no1. The second-order valence-electron chi connectivity index (χ2n) is 8.42. The molecule has 1 amide bonds. The molecule has 1 aliphatic rings. The smallest absolute Gasteiger partial charge is 0.295 e. The van der Waals surface area contributed by atoms with E-state index in [0.717, 1.165) is 44.5 Å². The van der Waals surface area contributed by atoms with Crippen LogP contribution in [0.2, 0.25) is 0 Å². The Hall–Kier alpha value is -3.17. The Bertz CT molecular complexity index is 1080. The fourth-order valence-corrected chi connectivity index (χ4v) is 4.40. The topological polar surface area (TPSA) is 82.6 Å². The molecule has 0 radical (unpaired) electrons. The van der Waals surface area contributed by atoms with E-state index in [1.165, 1.54) is 5.56 Å². The zero-order chi connectivity index (χ0) is 23.3. The molecule has 2 aromatic carbocycles. The number of aromatic nitrogens is 2. The van der Waals surface area contributed by atoms with Crippen molar-refractivity contribution >= 4 is 28.7 Å². The van der Waals surface area contributed by atoms with Crippen LogP contribution in [0.1, 0.15) is 29.8 Å². The minimum atomic E-state index is -0.979. The van der Waals surface area contributed by atoms with Crippen LogP contribution < -0.4 is 15.1 Å². The average Bonchev–Trinajstić information content (AvgIpc) is 3.29. The largest absolute Gasteiger partial charge is 0.305 e. The number of rotatable bonds is 7. The van der Waals surface area contributed by atoms with E-state index in [1.807, 2.05) is 12.1 Å². The minimum Gasteiger partial charge on any atom is -0.295 e. The summed E-state index contributed by atoms with van der Waals surface area (Å²) in [4.78, 5) is 29.3. The number of hydrogen-bond acceptors (Lipinski definition) is 7. The number of benzene rings is 2. The number of nitrogens with zero attached hydrogens (tertiary/aromatic N) is 4. The molecule has 4 rings (SSSR count). The van der Waals surface area contributed by atoms with E-state index in [1.54, 1.807) is 49.1 Å². The van der Waals surface area contributed by atoms with Crippen LogP contribution in [-0.2, 0) is 11.3 Å². The van der Waals surface area contributed by atoms with Crippen LogP contribution in [0.4, 0.5) is 5.88 Å². The molecule has 8 nitrogen and oxygen atoms in total. The summed E-state index contributed by atoms with van der Waals surface area (Å²) >= 11 is 0.982. The molecule has 0 saturated carbocycles. The maximum absolute atomic E-state index is 12.8. The van der Waals surface area contributed by atoms with Crippen molar-refractivity contribution in [3.63, 3.8) is 0 Å². The molecular weight excluding hydrogens is 438 g/mol. The fraction of sp³-hybridized carbons (Fsp3) is 0.333. The highest BCUT2D eigenvalue weighted by molar-refractivity contribution is 8.15. The summed E-state index contributed by atoms with van der Waals surface area (Å²) in [6.45, 7) is 7.75. The normalized spacial score (nSPS) is 14.8. The van der Waals surface area contributed by atoms with Crippen LogP contribution in [0.15, 0.2) is 71.4 Å². The van der Waals surface area contributed by atoms with Gasteiger partial charge in [-0.05, 0) is 19.4 Å². The van der Waals surface area contributed by atoms with Crippen LogP contribution in [0.25, 0.3) is 0 Å². The van der Waals surface area contributed by atoms with Gasteiger partial charge in [-0.3, -0.25) is 24.3 Å². The van der Waals surface area contributed by atoms with E-state index < -0.39 is 4.75 Å². The molecule has 9 heteroatoms. The highest BCUT2D eigenvalue weighted by Crippen LogP contribution is 2.29. The van der Waals surface area contributed by atoms with Gasteiger partial charge in [-0.15, -0.1) is 0 Å². The molecule has 1 fully saturated rings. The van der Waals surface area contributed by atoms with Crippen LogP contribution >= 0.6 is 11.8 Å². The summed E-state index contributed by atoms with van der Waals surface area (Å²) in [6, 6.07) is 19.4. The van der Waals surface area contributed by atoms with Gasteiger partial charge in [0.1, 0.15) is 0 Å². The molecule has 33 heavy (non-hydrogen) atoms. The predicted molar refractivity (Wildman–Crippen MR) is 127 cm³/mol. The lowest BCUT2D eigenvalue weighted by Crippen LogP contribution is -2.65. The number of carbonyl (C=O) groups excluding carboxylic acids is 2. The highest BCUT2D eigenvalue weighted by Gasteiger charge is 2.34. The Morgan fingerprint density at radius 3 is 2.33 bits per heavy atom. The van der Waals surface area contributed by atoms with E-state index in [9.17, 15) is 9.59 Å². The Balaban J connectivity index is 1.29. The molecule has 1 aliphatic heterocycles. The van der Waals surface area contributed by atoms with Crippen molar-refractivity contribution in [2.45, 2.75) is 25.1 Å². The predicted octanol–water partition coefficient (Wildman–Crippen LogP) is 2.71. The third-order valence-corrected chi connectivity index (χ3v) is 6.60. The molecule has 1 N–H and O–H groups in total. The van der Waals surface area contributed by atoms with Crippen LogP contribution in [-0.4, -0.2) is 52.1 Å². The summed E-state index contributed by atoms with van der Waals surface area (Å²) in [5.41, 5.74) is 1.86. The number of hydrogen-bond donors (Lipinski definition) is 1.